The summed E-state index contributed by atoms with van der Waals surface area (Å²) in [6.07, 6.45) is 8.42. The third-order valence-electron chi connectivity index (χ3n) is 6.82. The molecular formula is C28H27ClN6O2. The van der Waals surface area contributed by atoms with Crippen molar-refractivity contribution in [3.63, 3.8) is 0 Å². The fraction of sp³-hybridized carbons (Fsp3) is 0.250. The first-order valence-corrected chi connectivity index (χ1v) is 12.5. The van der Waals surface area contributed by atoms with Gasteiger partial charge in [0.1, 0.15) is 0 Å². The van der Waals surface area contributed by atoms with Crippen molar-refractivity contribution in [1.29, 1.82) is 0 Å². The number of halogens is 1. The predicted molar refractivity (Wildman–Crippen MR) is 143 cm³/mol. The second-order valence-corrected chi connectivity index (χ2v) is 9.65. The molecule has 2 amide bonds. The number of anilines is 1. The van der Waals surface area contributed by atoms with E-state index in [4.69, 9.17) is 11.6 Å². The second kappa shape index (κ2) is 10.5. The van der Waals surface area contributed by atoms with Gasteiger partial charge in [-0.25, -0.2) is 9.97 Å². The van der Waals surface area contributed by atoms with E-state index in [0.29, 0.717) is 30.3 Å². The number of aromatic nitrogens is 4. The summed E-state index contributed by atoms with van der Waals surface area (Å²) < 4.78 is 1.80. The van der Waals surface area contributed by atoms with Gasteiger partial charge < -0.3 is 10.2 Å². The molecule has 1 aliphatic rings. The Morgan fingerprint density at radius 2 is 1.65 bits per heavy atom. The number of amides is 2. The zero-order chi connectivity index (χ0) is 25.9. The van der Waals surface area contributed by atoms with Crippen LogP contribution in [0.3, 0.4) is 0 Å². The number of hydrogen-bond acceptors (Lipinski definition) is 5. The van der Waals surface area contributed by atoms with E-state index < -0.39 is 0 Å². The smallest absolute Gasteiger partial charge is 0.258 e. The van der Waals surface area contributed by atoms with Crippen molar-refractivity contribution in [1.82, 2.24) is 24.6 Å². The molecule has 4 aromatic rings. The Hall–Kier alpha value is -4.04. The Kier molecular flexibility index (Phi) is 7.01. The van der Waals surface area contributed by atoms with Crippen molar-refractivity contribution in [2.45, 2.75) is 25.7 Å². The van der Waals surface area contributed by atoms with Crippen LogP contribution in [0.25, 0.3) is 11.1 Å². The molecule has 0 radical (unpaired) electrons. The lowest BCUT2D eigenvalue weighted by atomic mass is 9.88. The van der Waals surface area contributed by atoms with Crippen LogP contribution in [0.2, 0.25) is 5.28 Å². The number of rotatable bonds is 5. The van der Waals surface area contributed by atoms with Crippen molar-refractivity contribution in [2.24, 2.45) is 7.05 Å². The van der Waals surface area contributed by atoms with Crippen LogP contribution < -0.4 is 5.32 Å². The minimum atomic E-state index is -0.361. The highest BCUT2D eigenvalue weighted by Gasteiger charge is 2.25. The first-order valence-electron chi connectivity index (χ1n) is 12.1. The minimum Gasteiger partial charge on any atom is -0.339 e. The first-order chi connectivity index (χ1) is 17.9. The summed E-state index contributed by atoms with van der Waals surface area (Å²) in [5.41, 5.74) is 5.82. The van der Waals surface area contributed by atoms with Gasteiger partial charge in [-0.3, -0.25) is 14.3 Å². The standard InChI is InChI=1S/C28H27ClN6O2/c1-18-3-4-22(13-25(18)33-26(36)23-14-30-28(29)31-15-23)27(37)35-11-9-21(10-12-35)19-5-7-20(8-6-19)24-16-32-34(2)17-24/h3-8,13-17,21H,9-12H2,1-2H3,(H,33,36). The molecule has 0 unspecified atom stereocenters. The molecule has 2 aromatic heterocycles. The van der Waals surface area contributed by atoms with E-state index in [1.165, 1.54) is 18.0 Å². The van der Waals surface area contributed by atoms with Crippen LogP contribution in [-0.2, 0) is 7.05 Å². The zero-order valence-electron chi connectivity index (χ0n) is 20.7. The van der Waals surface area contributed by atoms with E-state index in [9.17, 15) is 9.59 Å². The number of piperidine rings is 1. The van der Waals surface area contributed by atoms with Crippen molar-refractivity contribution in [3.8, 4) is 11.1 Å². The van der Waals surface area contributed by atoms with Crippen LogP contribution in [-0.4, -0.2) is 49.6 Å². The number of likely N-dealkylation sites (tertiary alicyclic amines) is 1. The molecule has 0 atom stereocenters. The normalized spacial score (nSPS) is 14.0. The molecule has 0 bridgehead atoms. The lowest BCUT2D eigenvalue weighted by molar-refractivity contribution is 0.0712. The molecule has 1 saturated heterocycles. The van der Waals surface area contributed by atoms with Crippen LogP contribution in [0.1, 0.15) is 50.6 Å². The Labute approximate surface area is 220 Å². The largest absolute Gasteiger partial charge is 0.339 e. The summed E-state index contributed by atoms with van der Waals surface area (Å²) >= 11 is 5.71. The van der Waals surface area contributed by atoms with Crippen LogP contribution in [0.15, 0.2) is 67.3 Å². The number of nitrogens with one attached hydrogen (secondary N) is 1. The van der Waals surface area contributed by atoms with Gasteiger partial charge in [0.05, 0.1) is 11.8 Å². The summed E-state index contributed by atoms with van der Waals surface area (Å²) in [5, 5.41) is 7.17. The van der Waals surface area contributed by atoms with Gasteiger partial charge in [0, 0.05) is 55.5 Å². The molecule has 0 spiro atoms. The molecule has 1 N–H and O–H groups in total. The topological polar surface area (TPSA) is 93.0 Å². The molecular weight excluding hydrogens is 488 g/mol. The third kappa shape index (κ3) is 5.54. The molecule has 1 fully saturated rings. The van der Waals surface area contributed by atoms with E-state index in [0.717, 1.165) is 29.5 Å². The summed E-state index contributed by atoms with van der Waals surface area (Å²) in [6, 6.07) is 14.0. The van der Waals surface area contributed by atoms with E-state index in [1.54, 1.807) is 10.7 Å². The van der Waals surface area contributed by atoms with E-state index >= 15 is 0 Å². The SMILES string of the molecule is Cc1ccc(C(=O)N2CCC(c3ccc(-c4cnn(C)c4)cc3)CC2)cc1NC(=O)c1cnc(Cl)nc1. The van der Waals surface area contributed by atoms with Gasteiger partial charge in [-0.05, 0) is 66.1 Å². The highest BCUT2D eigenvalue weighted by Crippen LogP contribution is 2.31. The average Bonchev–Trinajstić information content (AvgIpc) is 3.36. The summed E-state index contributed by atoms with van der Waals surface area (Å²) in [4.78, 5) is 35.5. The first kappa shape index (κ1) is 24.6. The maximum atomic E-state index is 13.3. The van der Waals surface area contributed by atoms with Gasteiger partial charge in [-0.15, -0.1) is 0 Å². The van der Waals surface area contributed by atoms with E-state index in [1.807, 2.05) is 43.4 Å². The van der Waals surface area contributed by atoms with Crippen LogP contribution in [0, 0.1) is 6.92 Å². The van der Waals surface area contributed by atoms with Gasteiger partial charge in [0.2, 0.25) is 5.28 Å². The Morgan fingerprint density at radius 1 is 0.946 bits per heavy atom. The average molecular weight is 515 g/mol. The van der Waals surface area contributed by atoms with Crippen molar-refractivity contribution in [3.05, 3.63) is 94.8 Å². The van der Waals surface area contributed by atoms with Gasteiger partial charge >= 0.3 is 0 Å². The molecule has 0 saturated carbocycles. The predicted octanol–water partition coefficient (Wildman–Crippen LogP) is 5.11. The number of benzene rings is 2. The molecule has 8 nitrogen and oxygen atoms in total. The Balaban J connectivity index is 1.21. The number of nitrogens with zero attached hydrogens (tertiary/aromatic N) is 5. The number of carbonyl (C=O) groups excluding carboxylic acids is 2. The fourth-order valence-corrected chi connectivity index (χ4v) is 4.73. The molecule has 2 aromatic carbocycles. The molecule has 0 aliphatic carbocycles. The van der Waals surface area contributed by atoms with Crippen molar-refractivity contribution >= 4 is 29.1 Å². The monoisotopic (exact) mass is 514 g/mol. The number of hydrogen-bond donors (Lipinski definition) is 1. The van der Waals surface area contributed by atoms with E-state index in [2.05, 4.69) is 44.6 Å². The van der Waals surface area contributed by atoms with Gasteiger partial charge in [-0.1, -0.05) is 30.3 Å². The lowest BCUT2D eigenvalue weighted by Gasteiger charge is -2.32. The second-order valence-electron chi connectivity index (χ2n) is 9.32. The molecule has 9 heteroatoms. The third-order valence-corrected chi connectivity index (χ3v) is 7.01. The molecule has 1 aliphatic heterocycles. The fourth-order valence-electron chi connectivity index (χ4n) is 4.63. The summed E-state index contributed by atoms with van der Waals surface area (Å²) in [7, 11) is 1.91. The summed E-state index contributed by atoms with van der Waals surface area (Å²) in [5.74, 6) is 0.0249. The van der Waals surface area contributed by atoms with Crippen molar-refractivity contribution < 1.29 is 9.59 Å². The van der Waals surface area contributed by atoms with Crippen LogP contribution in [0.5, 0.6) is 0 Å². The summed E-state index contributed by atoms with van der Waals surface area (Å²) in [6.45, 7) is 3.25. The molecule has 37 heavy (non-hydrogen) atoms. The van der Waals surface area contributed by atoms with Crippen LogP contribution >= 0.6 is 11.6 Å². The van der Waals surface area contributed by atoms with Gasteiger partial charge in [0.15, 0.2) is 0 Å². The lowest BCUT2D eigenvalue weighted by Crippen LogP contribution is -2.38. The quantitative estimate of drug-likeness (QED) is 0.373. The Morgan fingerprint density at radius 3 is 2.30 bits per heavy atom. The molecule has 3 heterocycles. The minimum absolute atomic E-state index is 0.0318. The number of carbonyl (C=O) groups is 2. The highest BCUT2D eigenvalue weighted by atomic mass is 35.5. The maximum absolute atomic E-state index is 13.3. The van der Waals surface area contributed by atoms with Crippen LogP contribution in [0.4, 0.5) is 5.69 Å². The molecule has 5 rings (SSSR count). The molecule has 188 valence electrons. The van der Waals surface area contributed by atoms with E-state index in [-0.39, 0.29) is 22.7 Å². The van der Waals surface area contributed by atoms with Gasteiger partial charge in [0.25, 0.3) is 11.8 Å². The zero-order valence-corrected chi connectivity index (χ0v) is 21.4. The highest BCUT2D eigenvalue weighted by molar-refractivity contribution is 6.28. The number of aryl methyl sites for hydroxylation is 2. The van der Waals surface area contributed by atoms with Crippen molar-refractivity contribution in [2.75, 3.05) is 18.4 Å². The van der Waals surface area contributed by atoms with Gasteiger partial charge in [-0.2, -0.15) is 5.10 Å². The Bertz CT molecular complexity index is 1420. The maximum Gasteiger partial charge on any atom is 0.258 e.